The minimum atomic E-state index is -0.343. The fraction of sp³-hybridized carbons (Fsp3) is 0.455. The maximum Gasteiger partial charge on any atom is 0.288 e. The highest BCUT2D eigenvalue weighted by Gasteiger charge is 2.29. The zero-order valence-electron chi connectivity index (χ0n) is 9.97. The van der Waals surface area contributed by atoms with E-state index in [4.69, 9.17) is 0 Å². The molecule has 6 nitrogen and oxygen atoms in total. The van der Waals surface area contributed by atoms with E-state index in [1.165, 1.54) is 13.1 Å². The number of rotatable bonds is 6. The molecule has 0 spiro atoms. The molecule has 1 fully saturated rings. The average Bonchev–Trinajstić information content (AvgIpc) is 2.67. The van der Waals surface area contributed by atoms with Crippen LogP contribution >= 0.6 is 11.8 Å². The first-order valence-electron chi connectivity index (χ1n) is 5.44. The van der Waals surface area contributed by atoms with Crippen molar-refractivity contribution >= 4 is 34.6 Å². The first-order valence-corrected chi connectivity index (χ1v) is 6.43. The van der Waals surface area contributed by atoms with Gasteiger partial charge in [0.25, 0.3) is 5.24 Å². The summed E-state index contributed by atoms with van der Waals surface area (Å²) in [6, 6.07) is 0. The van der Waals surface area contributed by atoms with Crippen molar-refractivity contribution in [3.05, 3.63) is 12.2 Å². The summed E-state index contributed by atoms with van der Waals surface area (Å²) in [6.45, 7) is 0.254. The highest BCUT2D eigenvalue weighted by Crippen LogP contribution is 2.18. The van der Waals surface area contributed by atoms with Crippen molar-refractivity contribution in [2.24, 2.45) is 0 Å². The largest absolute Gasteiger partial charge is 0.356 e. The molecular weight excluding hydrogens is 256 g/mol. The molecule has 0 atom stereocenters. The predicted octanol–water partition coefficient (Wildman–Crippen LogP) is 0.333. The normalized spacial score (nSPS) is 15.5. The van der Waals surface area contributed by atoms with Crippen LogP contribution < -0.4 is 5.32 Å². The Kier molecular flexibility index (Phi) is 5.57. The molecule has 0 aromatic carbocycles. The molecule has 0 aromatic rings. The second-order valence-corrected chi connectivity index (χ2v) is 4.54. The van der Waals surface area contributed by atoms with E-state index in [2.05, 4.69) is 5.32 Å². The van der Waals surface area contributed by atoms with Gasteiger partial charge in [0.2, 0.25) is 11.8 Å². The smallest absolute Gasteiger partial charge is 0.288 e. The van der Waals surface area contributed by atoms with E-state index in [0.29, 0.717) is 6.42 Å². The molecule has 1 rings (SSSR count). The van der Waals surface area contributed by atoms with E-state index in [1.54, 1.807) is 0 Å². The van der Waals surface area contributed by atoms with Crippen LogP contribution in [0.5, 0.6) is 0 Å². The molecule has 0 saturated carbocycles. The lowest BCUT2D eigenvalue weighted by Crippen LogP contribution is -2.29. The van der Waals surface area contributed by atoms with Crippen LogP contribution in [0, 0.1) is 0 Å². The van der Waals surface area contributed by atoms with Crippen molar-refractivity contribution in [2.45, 2.75) is 12.8 Å². The van der Waals surface area contributed by atoms with Crippen molar-refractivity contribution in [1.82, 2.24) is 10.2 Å². The van der Waals surface area contributed by atoms with Gasteiger partial charge in [0.1, 0.15) is 0 Å². The number of thioether (sulfide) groups is 1. The van der Waals surface area contributed by atoms with Crippen LogP contribution in [0.2, 0.25) is 0 Å². The van der Waals surface area contributed by atoms with E-state index in [1.807, 2.05) is 0 Å². The minimum absolute atomic E-state index is 0.184. The fourth-order valence-corrected chi connectivity index (χ4v) is 2.10. The van der Waals surface area contributed by atoms with Gasteiger partial charge < -0.3 is 5.32 Å². The molecule has 0 unspecified atom stereocenters. The van der Waals surface area contributed by atoms with E-state index in [0.717, 1.165) is 22.7 Å². The lowest BCUT2D eigenvalue weighted by Gasteiger charge is -2.11. The van der Waals surface area contributed by atoms with Gasteiger partial charge in [-0.3, -0.25) is 24.1 Å². The van der Waals surface area contributed by atoms with Gasteiger partial charge in [-0.15, -0.1) is 0 Å². The average molecular weight is 270 g/mol. The molecule has 1 heterocycles. The van der Waals surface area contributed by atoms with Crippen LogP contribution in [-0.4, -0.2) is 47.1 Å². The SMILES string of the molecule is CNC(=O)/C=C/C(=O)CCCN1C(=O)CSC1=O. The summed E-state index contributed by atoms with van der Waals surface area (Å²) in [5.74, 6) is -0.572. The van der Waals surface area contributed by atoms with Crippen molar-refractivity contribution in [1.29, 1.82) is 0 Å². The maximum absolute atomic E-state index is 11.3. The summed E-state index contributed by atoms with van der Waals surface area (Å²) < 4.78 is 0. The number of allylic oxidation sites excluding steroid dienone is 1. The van der Waals surface area contributed by atoms with Gasteiger partial charge in [-0.2, -0.15) is 0 Å². The van der Waals surface area contributed by atoms with E-state index in [9.17, 15) is 19.2 Å². The van der Waals surface area contributed by atoms with Crippen molar-refractivity contribution in [2.75, 3.05) is 19.3 Å². The molecule has 0 aromatic heterocycles. The van der Waals surface area contributed by atoms with Crippen molar-refractivity contribution in [3.63, 3.8) is 0 Å². The van der Waals surface area contributed by atoms with Crippen molar-refractivity contribution < 1.29 is 19.2 Å². The van der Waals surface area contributed by atoms with Crippen LogP contribution in [0.3, 0.4) is 0 Å². The number of amides is 3. The van der Waals surface area contributed by atoms with Crippen LogP contribution in [0.25, 0.3) is 0 Å². The van der Waals surface area contributed by atoms with Gasteiger partial charge in [0, 0.05) is 26.1 Å². The van der Waals surface area contributed by atoms with Gasteiger partial charge in [-0.1, -0.05) is 11.8 Å². The lowest BCUT2D eigenvalue weighted by atomic mass is 10.2. The van der Waals surface area contributed by atoms with E-state index < -0.39 is 0 Å². The summed E-state index contributed by atoms with van der Waals surface area (Å²) in [6.07, 6.45) is 2.97. The number of likely N-dealkylation sites (N-methyl/N-ethyl adjacent to an activating group) is 1. The van der Waals surface area contributed by atoms with Crippen LogP contribution in [-0.2, 0) is 14.4 Å². The molecule has 3 amide bonds. The number of hydrogen-bond acceptors (Lipinski definition) is 5. The number of imide groups is 1. The highest BCUT2D eigenvalue weighted by molar-refractivity contribution is 8.14. The molecular formula is C11H14N2O4S. The van der Waals surface area contributed by atoms with Gasteiger partial charge in [-0.25, -0.2) is 0 Å². The zero-order chi connectivity index (χ0) is 13.5. The molecule has 1 aliphatic rings. The van der Waals surface area contributed by atoms with E-state index >= 15 is 0 Å². The van der Waals surface area contributed by atoms with Gasteiger partial charge >= 0.3 is 0 Å². The molecule has 98 valence electrons. The maximum atomic E-state index is 11.3. The lowest BCUT2D eigenvalue weighted by molar-refractivity contribution is -0.125. The summed E-state index contributed by atoms with van der Waals surface area (Å²) in [7, 11) is 1.47. The minimum Gasteiger partial charge on any atom is -0.356 e. The molecule has 0 radical (unpaired) electrons. The molecule has 0 bridgehead atoms. The van der Waals surface area contributed by atoms with Crippen LogP contribution in [0.1, 0.15) is 12.8 Å². The Morgan fingerprint density at radius 2 is 2.11 bits per heavy atom. The second-order valence-electron chi connectivity index (χ2n) is 3.62. The van der Waals surface area contributed by atoms with Crippen molar-refractivity contribution in [3.8, 4) is 0 Å². The van der Waals surface area contributed by atoms with Gasteiger partial charge in [-0.05, 0) is 12.5 Å². The number of hydrogen-bond donors (Lipinski definition) is 1. The van der Waals surface area contributed by atoms with Gasteiger partial charge in [0.05, 0.1) is 5.75 Å². The Morgan fingerprint density at radius 1 is 1.39 bits per heavy atom. The first-order chi connectivity index (χ1) is 8.54. The molecule has 18 heavy (non-hydrogen) atoms. The van der Waals surface area contributed by atoms with Gasteiger partial charge in [0.15, 0.2) is 5.78 Å². The first kappa shape index (κ1) is 14.4. The number of ketones is 1. The Hall–Kier alpha value is -1.63. The molecule has 1 aliphatic heterocycles. The predicted molar refractivity (Wildman–Crippen MR) is 67.0 cm³/mol. The Bertz CT molecular complexity index is 390. The third-order valence-electron chi connectivity index (χ3n) is 2.31. The fourth-order valence-electron chi connectivity index (χ4n) is 1.34. The summed E-state index contributed by atoms with van der Waals surface area (Å²) in [5.41, 5.74) is 0. The Labute approximate surface area is 109 Å². The highest BCUT2D eigenvalue weighted by atomic mass is 32.2. The summed E-state index contributed by atoms with van der Waals surface area (Å²) in [4.78, 5) is 45.8. The third kappa shape index (κ3) is 4.33. The summed E-state index contributed by atoms with van der Waals surface area (Å²) >= 11 is 0.975. The molecule has 1 N–H and O–H groups in total. The number of nitrogens with one attached hydrogen (secondary N) is 1. The topological polar surface area (TPSA) is 83.6 Å². The Morgan fingerprint density at radius 3 is 2.67 bits per heavy atom. The zero-order valence-corrected chi connectivity index (χ0v) is 10.8. The standard InChI is InChI=1S/C11H14N2O4S/c1-12-9(15)5-4-8(14)3-2-6-13-10(16)7-18-11(13)17/h4-5H,2-3,6-7H2,1H3,(H,12,15)/b5-4+. The number of nitrogens with zero attached hydrogens (tertiary/aromatic N) is 1. The summed E-state index contributed by atoms with van der Waals surface area (Å²) in [5, 5.41) is 2.10. The molecule has 0 aliphatic carbocycles. The Balaban J connectivity index is 2.27. The van der Waals surface area contributed by atoms with Crippen LogP contribution in [0.15, 0.2) is 12.2 Å². The number of carbonyl (C=O) groups excluding carboxylic acids is 4. The number of carbonyl (C=O) groups is 4. The second kappa shape index (κ2) is 6.95. The van der Waals surface area contributed by atoms with E-state index in [-0.39, 0.29) is 41.6 Å². The van der Waals surface area contributed by atoms with Crippen LogP contribution in [0.4, 0.5) is 4.79 Å². The molecule has 1 saturated heterocycles. The third-order valence-corrected chi connectivity index (χ3v) is 3.17. The monoisotopic (exact) mass is 270 g/mol. The quantitative estimate of drug-likeness (QED) is 0.703. The molecule has 7 heteroatoms.